The first-order chi connectivity index (χ1) is 11.0. The largest absolute Gasteiger partial charge is 0.457 e. The van der Waals surface area contributed by atoms with Gasteiger partial charge in [0, 0.05) is 25.2 Å². The Morgan fingerprint density at radius 3 is 2.87 bits per heavy atom. The lowest BCUT2D eigenvalue weighted by molar-refractivity contribution is -0.386. The van der Waals surface area contributed by atoms with Gasteiger partial charge in [-0.3, -0.25) is 19.6 Å². The zero-order valence-electron chi connectivity index (χ0n) is 12.9. The van der Waals surface area contributed by atoms with Crippen LogP contribution in [0.15, 0.2) is 36.7 Å². The lowest BCUT2D eigenvalue weighted by Crippen LogP contribution is -2.12. The van der Waals surface area contributed by atoms with E-state index < -0.39 is 11.0 Å². The molecule has 3 atom stereocenters. The summed E-state index contributed by atoms with van der Waals surface area (Å²) in [6.07, 6.45) is 3.72. The predicted octanol–water partition coefficient (Wildman–Crippen LogP) is 2.74. The maximum Gasteiger partial charge on any atom is 0.310 e. The Labute approximate surface area is 133 Å². The lowest BCUT2D eigenvalue weighted by Gasteiger charge is -2.13. The third-order valence-corrected chi connectivity index (χ3v) is 4.11. The molecule has 0 saturated heterocycles. The van der Waals surface area contributed by atoms with Crippen LogP contribution in [0.1, 0.15) is 36.5 Å². The summed E-state index contributed by atoms with van der Waals surface area (Å²) in [4.78, 5) is 22.8. The third-order valence-electron chi connectivity index (χ3n) is 4.11. The molecule has 7 nitrogen and oxygen atoms in total. The number of carbonyl (C=O) groups is 1. The van der Waals surface area contributed by atoms with Gasteiger partial charge in [-0.1, -0.05) is 12.1 Å². The molecule has 1 aliphatic rings. The minimum atomic E-state index is -0.653. The van der Waals surface area contributed by atoms with Gasteiger partial charge in [-0.05, 0) is 25.0 Å². The average molecular weight is 315 g/mol. The third kappa shape index (κ3) is 3.08. The molecule has 0 amide bonds. The first kappa shape index (κ1) is 15.2. The van der Waals surface area contributed by atoms with Gasteiger partial charge >= 0.3 is 5.97 Å². The molecular formula is C16H17N3O4. The van der Waals surface area contributed by atoms with Crippen molar-refractivity contribution in [3.63, 3.8) is 0 Å². The molecule has 0 bridgehead atoms. The summed E-state index contributed by atoms with van der Waals surface area (Å²) >= 11 is 0. The summed E-state index contributed by atoms with van der Waals surface area (Å²) in [5.41, 5.74) is 1.39. The number of ether oxygens (including phenoxy) is 1. The van der Waals surface area contributed by atoms with Gasteiger partial charge in [-0.2, -0.15) is 5.10 Å². The molecule has 1 aromatic heterocycles. The van der Waals surface area contributed by atoms with Gasteiger partial charge in [0.1, 0.15) is 6.10 Å². The Bertz CT molecular complexity index is 755. The molecule has 7 heteroatoms. The molecule has 0 N–H and O–H groups in total. The number of aromatic nitrogens is 2. The standard InChI is InChI=1S/C16H17N3O4/c1-10(12-5-3-4-6-15(12)19(21)22)23-16(20)14-7-13(14)11-8-17-18(2)9-11/h3-6,8-10,13-14H,7H2,1-2H3/t10-,13-,14+/m0/s1. The Kier molecular flexibility index (Phi) is 3.85. The van der Waals surface area contributed by atoms with Crippen molar-refractivity contribution in [2.24, 2.45) is 13.0 Å². The van der Waals surface area contributed by atoms with E-state index >= 15 is 0 Å². The maximum absolute atomic E-state index is 12.2. The highest BCUT2D eigenvalue weighted by Crippen LogP contribution is 2.48. The first-order valence-electron chi connectivity index (χ1n) is 7.39. The minimum absolute atomic E-state index is 0.0348. The number of benzene rings is 1. The van der Waals surface area contributed by atoms with Crippen LogP contribution in [0.5, 0.6) is 0 Å². The van der Waals surface area contributed by atoms with Crippen LogP contribution in [-0.2, 0) is 16.6 Å². The summed E-state index contributed by atoms with van der Waals surface area (Å²) < 4.78 is 7.14. The second-order valence-electron chi connectivity index (χ2n) is 5.79. The van der Waals surface area contributed by atoms with Crippen LogP contribution in [-0.4, -0.2) is 20.7 Å². The molecule has 0 spiro atoms. The summed E-state index contributed by atoms with van der Waals surface area (Å²) in [7, 11) is 1.83. The van der Waals surface area contributed by atoms with Crippen molar-refractivity contribution in [2.45, 2.75) is 25.4 Å². The SMILES string of the molecule is C[C@H](OC(=O)[C@@H]1C[C@H]1c1cnn(C)c1)c1ccccc1[N+](=O)[O-]. The number of carbonyl (C=O) groups excluding carboxylic acids is 1. The molecule has 3 rings (SSSR count). The Balaban J connectivity index is 1.66. The number of nitrogens with zero attached hydrogens (tertiary/aromatic N) is 3. The predicted molar refractivity (Wildman–Crippen MR) is 81.7 cm³/mol. The number of nitro groups is 1. The van der Waals surface area contributed by atoms with Gasteiger partial charge in [0.25, 0.3) is 5.69 Å². The van der Waals surface area contributed by atoms with Crippen LogP contribution in [0.3, 0.4) is 0 Å². The van der Waals surface area contributed by atoms with Gasteiger partial charge in [-0.15, -0.1) is 0 Å². The van der Waals surface area contributed by atoms with Crippen molar-refractivity contribution in [2.75, 3.05) is 0 Å². The summed E-state index contributed by atoms with van der Waals surface area (Å²) in [5, 5.41) is 15.2. The number of esters is 1. The van der Waals surface area contributed by atoms with Gasteiger partial charge in [0.05, 0.1) is 22.6 Å². The number of aryl methyl sites for hydroxylation is 1. The van der Waals surface area contributed by atoms with E-state index in [4.69, 9.17) is 4.74 Å². The Morgan fingerprint density at radius 2 is 2.22 bits per heavy atom. The molecule has 2 aromatic rings. The highest BCUT2D eigenvalue weighted by atomic mass is 16.6. The van der Waals surface area contributed by atoms with Crippen molar-refractivity contribution in [3.05, 3.63) is 57.9 Å². The highest BCUT2D eigenvalue weighted by molar-refractivity contribution is 5.77. The topological polar surface area (TPSA) is 87.3 Å². The second kappa shape index (κ2) is 5.83. The fraction of sp³-hybridized carbons (Fsp3) is 0.375. The van der Waals surface area contributed by atoms with Crippen molar-refractivity contribution in [1.82, 2.24) is 9.78 Å². The van der Waals surface area contributed by atoms with E-state index in [1.54, 1.807) is 36.0 Å². The van der Waals surface area contributed by atoms with Gasteiger partial charge in [-0.25, -0.2) is 0 Å². The normalized spacial score (nSPS) is 20.8. The molecule has 0 unspecified atom stereocenters. The van der Waals surface area contributed by atoms with Crippen molar-refractivity contribution >= 4 is 11.7 Å². The fourth-order valence-corrected chi connectivity index (χ4v) is 2.78. The molecule has 1 fully saturated rings. The number of hydrogen-bond donors (Lipinski definition) is 0. The monoisotopic (exact) mass is 315 g/mol. The van der Waals surface area contributed by atoms with E-state index in [-0.39, 0.29) is 23.5 Å². The summed E-state index contributed by atoms with van der Waals surface area (Å²) in [5.74, 6) is -0.372. The smallest absolute Gasteiger partial charge is 0.310 e. The summed E-state index contributed by atoms with van der Waals surface area (Å²) in [6, 6.07) is 6.31. The molecule has 23 heavy (non-hydrogen) atoms. The Hall–Kier alpha value is -2.70. The first-order valence-corrected chi connectivity index (χ1v) is 7.39. The molecule has 1 aliphatic carbocycles. The number of nitro benzene ring substituents is 1. The molecular weight excluding hydrogens is 298 g/mol. The minimum Gasteiger partial charge on any atom is -0.457 e. The Morgan fingerprint density at radius 1 is 1.48 bits per heavy atom. The van der Waals surface area contributed by atoms with Crippen LogP contribution in [0.4, 0.5) is 5.69 Å². The van der Waals surface area contributed by atoms with Crippen LogP contribution in [0, 0.1) is 16.0 Å². The molecule has 1 aromatic carbocycles. The van der Waals surface area contributed by atoms with Crippen molar-refractivity contribution in [3.8, 4) is 0 Å². The van der Waals surface area contributed by atoms with E-state index in [0.717, 1.165) is 12.0 Å². The number of rotatable bonds is 5. The second-order valence-corrected chi connectivity index (χ2v) is 5.79. The van der Waals surface area contributed by atoms with E-state index in [1.165, 1.54) is 6.07 Å². The van der Waals surface area contributed by atoms with Crippen molar-refractivity contribution in [1.29, 1.82) is 0 Å². The van der Waals surface area contributed by atoms with Gasteiger partial charge in [0.15, 0.2) is 0 Å². The molecule has 1 saturated carbocycles. The zero-order valence-corrected chi connectivity index (χ0v) is 12.9. The van der Waals surface area contributed by atoms with Gasteiger partial charge in [0.2, 0.25) is 0 Å². The fourth-order valence-electron chi connectivity index (χ4n) is 2.78. The van der Waals surface area contributed by atoms with Crippen LogP contribution in [0.25, 0.3) is 0 Å². The molecule has 0 radical (unpaired) electrons. The van der Waals surface area contributed by atoms with E-state index in [9.17, 15) is 14.9 Å². The quantitative estimate of drug-likeness (QED) is 0.481. The highest BCUT2D eigenvalue weighted by Gasteiger charge is 2.46. The summed E-state index contributed by atoms with van der Waals surface area (Å²) in [6.45, 7) is 1.65. The van der Waals surface area contributed by atoms with Crippen LogP contribution in [0.2, 0.25) is 0 Å². The number of para-hydroxylation sites is 1. The average Bonchev–Trinajstić information content (AvgIpc) is 3.22. The van der Waals surface area contributed by atoms with Crippen LogP contribution < -0.4 is 0 Å². The van der Waals surface area contributed by atoms with Gasteiger partial charge < -0.3 is 4.74 Å². The molecule has 120 valence electrons. The van der Waals surface area contributed by atoms with Crippen molar-refractivity contribution < 1.29 is 14.5 Å². The molecule has 0 aliphatic heterocycles. The van der Waals surface area contributed by atoms with Crippen LogP contribution >= 0.6 is 0 Å². The number of hydrogen-bond acceptors (Lipinski definition) is 5. The van der Waals surface area contributed by atoms with E-state index in [1.807, 2.05) is 13.2 Å². The lowest BCUT2D eigenvalue weighted by atomic mass is 10.1. The molecule has 1 heterocycles. The van der Waals surface area contributed by atoms with E-state index in [0.29, 0.717) is 5.56 Å². The van der Waals surface area contributed by atoms with E-state index in [2.05, 4.69) is 5.10 Å². The maximum atomic E-state index is 12.2. The zero-order chi connectivity index (χ0) is 16.6.